The molecule has 5 heteroatoms. The van der Waals surface area contributed by atoms with Crippen LogP contribution in [-0.2, 0) is 6.54 Å². The lowest BCUT2D eigenvalue weighted by molar-refractivity contribution is 0.422. The fourth-order valence-electron chi connectivity index (χ4n) is 1.47. The van der Waals surface area contributed by atoms with Gasteiger partial charge in [0, 0.05) is 17.8 Å². The summed E-state index contributed by atoms with van der Waals surface area (Å²) in [5, 5.41) is 0.00875. The molecule has 0 fully saturated rings. The molecule has 0 aliphatic rings. The normalized spacial score (nSPS) is 10.4. The number of nitrogens with zero attached hydrogens (tertiary/aromatic N) is 1. The Labute approximate surface area is 109 Å². The molecule has 0 aliphatic carbocycles. The molecule has 18 heavy (non-hydrogen) atoms. The second-order valence-electron chi connectivity index (χ2n) is 3.78. The minimum absolute atomic E-state index is 0.00875. The van der Waals surface area contributed by atoms with Crippen molar-refractivity contribution in [2.24, 2.45) is 5.73 Å². The molecule has 0 bridgehead atoms. The van der Waals surface area contributed by atoms with Crippen LogP contribution >= 0.6 is 11.6 Å². The molecule has 1 aromatic carbocycles. The van der Waals surface area contributed by atoms with Gasteiger partial charge in [0.2, 0.25) is 5.88 Å². The average Bonchev–Trinajstić information content (AvgIpc) is 2.35. The van der Waals surface area contributed by atoms with Gasteiger partial charge in [-0.25, -0.2) is 9.37 Å². The van der Waals surface area contributed by atoms with E-state index < -0.39 is 5.82 Å². The van der Waals surface area contributed by atoms with Gasteiger partial charge in [-0.05, 0) is 25.1 Å². The predicted octanol–water partition coefficient (Wildman–Crippen LogP) is 3.43. The third-order valence-corrected chi connectivity index (χ3v) is 2.71. The fourth-order valence-corrected chi connectivity index (χ4v) is 1.64. The lowest BCUT2D eigenvalue weighted by Gasteiger charge is -2.10. The molecule has 2 rings (SSSR count). The van der Waals surface area contributed by atoms with Crippen LogP contribution in [0.3, 0.4) is 0 Å². The van der Waals surface area contributed by atoms with Crippen molar-refractivity contribution in [1.29, 1.82) is 0 Å². The van der Waals surface area contributed by atoms with Crippen LogP contribution in [0, 0.1) is 12.7 Å². The predicted molar refractivity (Wildman–Crippen MR) is 68.3 cm³/mol. The molecular weight excluding hydrogens is 255 g/mol. The first-order valence-electron chi connectivity index (χ1n) is 5.40. The first kappa shape index (κ1) is 12.8. The number of hydrogen-bond donors (Lipinski definition) is 1. The van der Waals surface area contributed by atoms with E-state index in [1.807, 2.05) is 13.0 Å². The van der Waals surface area contributed by atoms with E-state index in [0.717, 1.165) is 5.69 Å². The van der Waals surface area contributed by atoms with E-state index in [9.17, 15) is 4.39 Å². The third-order valence-electron chi connectivity index (χ3n) is 2.42. The third kappa shape index (κ3) is 2.60. The number of ether oxygens (including phenoxy) is 1. The molecule has 0 aliphatic heterocycles. The van der Waals surface area contributed by atoms with Crippen molar-refractivity contribution < 1.29 is 9.13 Å². The van der Waals surface area contributed by atoms with Crippen molar-refractivity contribution in [2.45, 2.75) is 13.5 Å². The summed E-state index contributed by atoms with van der Waals surface area (Å²) in [5.74, 6) is -0.264. The Balaban J connectivity index is 2.39. The largest absolute Gasteiger partial charge is 0.436 e. The topological polar surface area (TPSA) is 48.1 Å². The maximum Gasteiger partial charge on any atom is 0.224 e. The first-order valence-corrected chi connectivity index (χ1v) is 5.78. The van der Waals surface area contributed by atoms with Crippen LogP contribution in [0.5, 0.6) is 11.6 Å². The van der Waals surface area contributed by atoms with E-state index >= 15 is 0 Å². The molecule has 0 spiro atoms. The summed E-state index contributed by atoms with van der Waals surface area (Å²) >= 11 is 5.68. The van der Waals surface area contributed by atoms with Gasteiger partial charge in [0.1, 0.15) is 0 Å². The average molecular weight is 267 g/mol. The number of rotatable bonds is 3. The number of hydrogen-bond acceptors (Lipinski definition) is 3. The smallest absolute Gasteiger partial charge is 0.224 e. The van der Waals surface area contributed by atoms with Crippen molar-refractivity contribution >= 4 is 11.6 Å². The van der Waals surface area contributed by atoms with Gasteiger partial charge in [-0.2, -0.15) is 0 Å². The van der Waals surface area contributed by atoms with Crippen LogP contribution in [0.25, 0.3) is 0 Å². The summed E-state index contributed by atoms with van der Waals surface area (Å²) in [5.41, 5.74) is 7.06. The molecule has 0 atom stereocenters. The van der Waals surface area contributed by atoms with Gasteiger partial charge in [-0.15, -0.1) is 0 Å². The Kier molecular flexibility index (Phi) is 3.79. The summed E-state index contributed by atoms with van der Waals surface area (Å²) < 4.78 is 19.1. The number of aromatic nitrogens is 1. The summed E-state index contributed by atoms with van der Waals surface area (Å²) in [7, 11) is 0. The quantitative estimate of drug-likeness (QED) is 0.926. The second kappa shape index (κ2) is 5.33. The summed E-state index contributed by atoms with van der Waals surface area (Å²) in [6.07, 6.45) is 0. The van der Waals surface area contributed by atoms with Crippen molar-refractivity contribution in [3.05, 3.63) is 52.4 Å². The Morgan fingerprint density at radius 3 is 2.83 bits per heavy atom. The van der Waals surface area contributed by atoms with E-state index in [4.69, 9.17) is 22.1 Å². The molecule has 0 unspecified atom stereocenters. The van der Waals surface area contributed by atoms with Crippen molar-refractivity contribution in [3.63, 3.8) is 0 Å². The molecule has 1 aromatic heterocycles. The molecule has 0 radical (unpaired) electrons. The highest BCUT2D eigenvalue weighted by molar-refractivity contribution is 6.30. The number of benzene rings is 1. The maximum absolute atomic E-state index is 13.7. The van der Waals surface area contributed by atoms with Gasteiger partial charge in [-0.1, -0.05) is 23.7 Å². The Morgan fingerprint density at radius 1 is 1.33 bits per heavy atom. The lowest BCUT2D eigenvalue weighted by atomic mass is 10.2. The van der Waals surface area contributed by atoms with Gasteiger partial charge in [-0.3, -0.25) is 0 Å². The van der Waals surface area contributed by atoms with E-state index in [2.05, 4.69) is 4.98 Å². The molecule has 3 nitrogen and oxygen atoms in total. The Morgan fingerprint density at radius 2 is 2.11 bits per heavy atom. The number of aryl methyl sites for hydroxylation is 1. The van der Waals surface area contributed by atoms with Gasteiger partial charge in [0.25, 0.3) is 0 Å². The van der Waals surface area contributed by atoms with E-state index in [0.29, 0.717) is 11.4 Å². The van der Waals surface area contributed by atoms with Crippen LogP contribution in [-0.4, -0.2) is 4.98 Å². The SMILES string of the molecule is Cc1ccc(CN)c(Oc2cccc(Cl)c2F)n1. The monoisotopic (exact) mass is 266 g/mol. The standard InChI is InChI=1S/C13H12ClFN2O/c1-8-5-6-9(7-16)13(17-8)18-11-4-2-3-10(14)12(11)15/h2-6H,7,16H2,1H3. The van der Waals surface area contributed by atoms with Gasteiger partial charge in [0.15, 0.2) is 11.6 Å². The zero-order valence-corrected chi connectivity index (χ0v) is 10.5. The zero-order valence-electron chi connectivity index (χ0n) is 9.78. The van der Waals surface area contributed by atoms with E-state index in [1.165, 1.54) is 12.1 Å². The Bertz CT molecular complexity index is 575. The summed E-state index contributed by atoms with van der Waals surface area (Å²) in [4.78, 5) is 4.20. The van der Waals surface area contributed by atoms with Gasteiger partial charge in [0.05, 0.1) is 5.02 Å². The van der Waals surface area contributed by atoms with Crippen molar-refractivity contribution in [1.82, 2.24) is 4.98 Å². The maximum atomic E-state index is 13.7. The van der Waals surface area contributed by atoms with E-state index in [-0.39, 0.29) is 17.3 Å². The van der Waals surface area contributed by atoms with Crippen molar-refractivity contribution in [2.75, 3.05) is 0 Å². The molecule has 0 saturated heterocycles. The molecule has 2 aromatic rings. The highest BCUT2D eigenvalue weighted by Crippen LogP contribution is 2.29. The van der Waals surface area contributed by atoms with Gasteiger partial charge < -0.3 is 10.5 Å². The zero-order chi connectivity index (χ0) is 13.1. The van der Waals surface area contributed by atoms with Crippen LogP contribution in [0.4, 0.5) is 4.39 Å². The van der Waals surface area contributed by atoms with Crippen LogP contribution in [0.15, 0.2) is 30.3 Å². The van der Waals surface area contributed by atoms with Gasteiger partial charge >= 0.3 is 0 Å². The van der Waals surface area contributed by atoms with Crippen LogP contribution in [0.1, 0.15) is 11.3 Å². The van der Waals surface area contributed by atoms with Crippen LogP contribution < -0.4 is 10.5 Å². The number of pyridine rings is 1. The lowest BCUT2D eigenvalue weighted by Crippen LogP contribution is -2.02. The van der Waals surface area contributed by atoms with Crippen molar-refractivity contribution in [3.8, 4) is 11.6 Å². The minimum atomic E-state index is -0.606. The fraction of sp³-hybridized carbons (Fsp3) is 0.154. The summed E-state index contributed by atoms with van der Waals surface area (Å²) in [6.45, 7) is 2.09. The molecule has 1 heterocycles. The molecular formula is C13H12ClFN2O. The molecule has 2 N–H and O–H groups in total. The first-order chi connectivity index (χ1) is 8.61. The highest BCUT2D eigenvalue weighted by Gasteiger charge is 2.11. The summed E-state index contributed by atoms with van der Waals surface area (Å²) in [6, 6.07) is 8.19. The number of nitrogens with two attached hydrogens (primary N) is 1. The molecule has 94 valence electrons. The Hall–Kier alpha value is -1.65. The molecule has 0 amide bonds. The van der Waals surface area contributed by atoms with E-state index in [1.54, 1.807) is 12.1 Å². The minimum Gasteiger partial charge on any atom is -0.436 e. The molecule has 0 saturated carbocycles. The highest BCUT2D eigenvalue weighted by atomic mass is 35.5. The number of halogens is 2. The van der Waals surface area contributed by atoms with Crippen LogP contribution in [0.2, 0.25) is 5.02 Å². The second-order valence-corrected chi connectivity index (χ2v) is 4.18.